The van der Waals surface area contributed by atoms with Crippen LogP contribution in [-0.4, -0.2) is 51.2 Å². The number of anilines is 2. The molecule has 8 rings (SSSR count). The average molecular weight is 757 g/mol. The number of halogens is 1. The SMILES string of the molecule is Cc1nc(C[C@H]2CC2CN2NC=C(C(C)C)C=C2[N-]c2ccc3ncc(Br)cc3n2)cn1-c1cnc2ccc(Nc3cc(C(C)C)cnn3)nc2c1. The van der Waals surface area contributed by atoms with Crippen LogP contribution >= 0.6 is 15.9 Å². The lowest BCUT2D eigenvalue weighted by molar-refractivity contribution is 0.268. The van der Waals surface area contributed by atoms with Gasteiger partial charge >= 0.3 is 0 Å². The van der Waals surface area contributed by atoms with Gasteiger partial charge in [0.05, 0.1) is 40.3 Å². The van der Waals surface area contributed by atoms with Gasteiger partial charge in [0.2, 0.25) is 0 Å². The summed E-state index contributed by atoms with van der Waals surface area (Å²) in [5, 5.41) is 18.8. The number of hydrogen-bond acceptors (Lipinski definition) is 10. The molecule has 1 fully saturated rings. The fourth-order valence-electron chi connectivity index (χ4n) is 6.48. The molecule has 52 heavy (non-hydrogen) atoms. The van der Waals surface area contributed by atoms with Gasteiger partial charge in [0.15, 0.2) is 5.82 Å². The van der Waals surface area contributed by atoms with Crippen molar-refractivity contribution >= 4 is 55.5 Å². The Morgan fingerprint density at radius 2 is 1.69 bits per heavy atom. The zero-order valence-corrected chi connectivity index (χ0v) is 31.4. The molecule has 13 heteroatoms. The summed E-state index contributed by atoms with van der Waals surface area (Å²) >= 11 is 3.51. The molecule has 6 aromatic heterocycles. The van der Waals surface area contributed by atoms with E-state index in [0.29, 0.717) is 41.1 Å². The predicted molar refractivity (Wildman–Crippen MR) is 207 cm³/mol. The topological polar surface area (TPSA) is 137 Å². The molecule has 7 heterocycles. The van der Waals surface area contributed by atoms with Crippen LogP contribution in [0.25, 0.3) is 33.1 Å². The first-order chi connectivity index (χ1) is 25.1. The molecule has 1 aliphatic carbocycles. The van der Waals surface area contributed by atoms with Crippen LogP contribution in [0.2, 0.25) is 0 Å². The molecule has 0 bridgehead atoms. The summed E-state index contributed by atoms with van der Waals surface area (Å²) in [6.45, 7) is 11.5. The highest BCUT2D eigenvalue weighted by Crippen LogP contribution is 2.43. The Hall–Kier alpha value is -5.43. The quantitative estimate of drug-likeness (QED) is 0.132. The average Bonchev–Trinajstić information content (AvgIpc) is 3.75. The van der Waals surface area contributed by atoms with Crippen molar-refractivity contribution in [2.24, 2.45) is 17.8 Å². The number of nitrogens with zero attached hydrogens (tertiary/aromatic N) is 10. The first kappa shape index (κ1) is 33.7. The molecule has 6 aromatic rings. The molecule has 1 saturated carbocycles. The predicted octanol–water partition coefficient (Wildman–Crippen LogP) is 8.57. The van der Waals surface area contributed by atoms with Gasteiger partial charge < -0.3 is 30.6 Å². The third kappa shape index (κ3) is 7.31. The van der Waals surface area contributed by atoms with E-state index in [2.05, 4.69) is 104 Å². The van der Waals surface area contributed by atoms with Crippen LogP contribution in [-0.2, 0) is 6.42 Å². The lowest BCUT2D eigenvalue weighted by Crippen LogP contribution is -2.38. The van der Waals surface area contributed by atoms with Gasteiger partial charge in [-0.15, -0.1) is 5.10 Å². The monoisotopic (exact) mass is 755 g/mol. The van der Waals surface area contributed by atoms with E-state index in [0.717, 1.165) is 74.5 Å². The van der Waals surface area contributed by atoms with Crippen LogP contribution in [0.1, 0.15) is 57.1 Å². The zero-order valence-electron chi connectivity index (χ0n) is 29.8. The van der Waals surface area contributed by atoms with Crippen molar-refractivity contribution in [3.8, 4) is 5.69 Å². The first-order valence-corrected chi connectivity index (χ1v) is 18.5. The van der Waals surface area contributed by atoms with Crippen LogP contribution in [0.5, 0.6) is 0 Å². The van der Waals surface area contributed by atoms with E-state index in [9.17, 15) is 0 Å². The number of hydrogen-bond donors (Lipinski definition) is 2. The Labute approximate surface area is 311 Å². The van der Waals surface area contributed by atoms with Crippen molar-refractivity contribution in [1.82, 2.24) is 50.1 Å². The molecule has 0 amide bonds. The maximum atomic E-state index is 5.00. The molecule has 0 saturated heterocycles. The van der Waals surface area contributed by atoms with Crippen LogP contribution in [0, 0.1) is 24.7 Å². The number of aromatic nitrogens is 8. The molecule has 12 nitrogen and oxygen atoms in total. The highest BCUT2D eigenvalue weighted by atomic mass is 79.9. The number of pyridine rings is 4. The highest BCUT2D eigenvalue weighted by Gasteiger charge is 2.38. The summed E-state index contributed by atoms with van der Waals surface area (Å²) in [4.78, 5) is 23.7. The lowest BCUT2D eigenvalue weighted by atomic mass is 10.0. The number of aryl methyl sites for hydroxylation is 1. The van der Waals surface area contributed by atoms with Gasteiger partial charge in [0.1, 0.15) is 11.6 Å². The summed E-state index contributed by atoms with van der Waals surface area (Å²) in [5.41, 5.74) is 11.1. The number of imidazole rings is 1. The molecule has 0 spiro atoms. The van der Waals surface area contributed by atoms with E-state index in [4.69, 9.17) is 25.3 Å². The third-order valence-corrected chi connectivity index (χ3v) is 10.1. The maximum Gasteiger partial charge on any atom is 0.154 e. The minimum Gasteiger partial charge on any atom is -0.359 e. The second-order valence-corrected chi connectivity index (χ2v) is 15.1. The number of nitrogens with one attached hydrogen (secondary N) is 2. The van der Waals surface area contributed by atoms with Gasteiger partial charge in [-0.2, -0.15) is 5.10 Å². The van der Waals surface area contributed by atoms with Gasteiger partial charge in [-0.05, 0) is 126 Å². The summed E-state index contributed by atoms with van der Waals surface area (Å²) in [7, 11) is 0. The fraction of sp³-hybridized carbons (Fsp3) is 0.308. The van der Waals surface area contributed by atoms with Gasteiger partial charge in [-0.25, -0.2) is 9.97 Å². The number of rotatable bonds is 11. The van der Waals surface area contributed by atoms with Crippen molar-refractivity contribution in [2.45, 2.75) is 53.4 Å². The van der Waals surface area contributed by atoms with Crippen molar-refractivity contribution < 1.29 is 0 Å². The van der Waals surface area contributed by atoms with E-state index in [1.54, 1.807) is 12.4 Å². The Morgan fingerprint density at radius 3 is 2.52 bits per heavy atom. The van der Waals surface area contributed by atoms with Crippen LogP contribution in [0.3, 0.4) is 0 Å². The number of allylic oxidation sites excluding steroid dienone is 2. The Bertz CT molecular complexity index is 2350. The van der Waals surface area contributed by atoms with Gasteiger partial charge in [0.25, 0.3) is 0 Å². The molecule has 0 aromatic carbocycles. The molecule has 264 valence electrons. The van der Waals surface area contributed by atoms with Crippen LogP contribution < -0.4 is 10.7 Å². The van der Waals surface area contributed by atoms with Crippen molar-refractivity contribution in [1.29, 1.82) is 0 Å². The second kappa shape index (κ2) is 13.9. The minimum atomic E-state index is 0.357. The molecular weight excluding hydrogens is 716 g/mol. The summed E-state index contributed by atoms with van der Waals surface area (Å²) < 4.78 is 3.00. The summed E-state index contributed by atoms with van der Waals surface area (Å²) in [6.07, 6.45) is 13.9. The van der Waals surface area contributed by atoms with E-state index in [1.165, 1.54) is 5.57 Å². The van der Waals surface area contributed by atoms with Gasteiger partial charge in [-0.3, -0.25) is 9.97 Å². The summed E-state index contributed by atoms with van der Waals surface area (Å²) in [6, 6.07) is 13.8. The standard InChI is InChI=1S/C39H40BrN12/c1-22(2)26-12-38(50-43-16-26)48-36-8-6-33-35(47-36)15-31(19-42-33)51-21-30(45-24(51)5)11-25-10-28(25)20-52-39(13-27(17-44-52)23(3)4)49-37-9-7-32-34(46-37)14-29(40)18-41-32/h6-9,12-19,21-23,25,28,44H,10-11,20H2,1-5H3,(H-,46,47,48,49,50)/q-1/t25-,28?/m1/s1. The van der Waals surface area contributed by atoms with Crippen molar-refractivity contribution in [3.63, 3.8) is 0 Å². The molecule has 1 unspecified atom stereocenters. The van der Waals surface area contributed by atoms with E-state index in [-0.39, 0.29) is 0 Å². The minimum absolute atomic E-state index is 0.357. The van der Waals surface area contributed by atoms with Crippen LogP contribution in [0.15, 0.2) is 95.4 Å². The smallest absolute Gasteiger partial charge is 0.154 e. The molecule has 0 radical (unpaired) electrons. The van der Waals surface area contributed by atoms with Crippen LogP contribution in [0.4, 0.5) is 17.5 Å². The molecule has 2 aliphatic rings. The maximum absolute atomic E-state index is 5.00. The largest absolute Gasteiger partial charge is 0.359 e. The van der Waals surface area contributed by atoms with Crippen molar-refractivity contribution in [2.75, 3.05) is 11.9 Å². The summed E-state index contributed by atoms with van der Waals surface area (Å²) in [5.74, 6) is 5.56. The number of hydrazine groups is 1. The van der Waals surface area contributed by atoms with E-state index < -0.39 is 0 Å². The second-order valence-electron chi connectivity index (χ2n) is 14.2. The molecule has 2 atom stereocenters. The first-order valence-electron chi connectivity index (χ1n) is 17.7. The van der Waals surface area contributed by atoms with Gasteiger partial charge in [0, 0.05) is 40.2 Å². The fourth-order valence-corrected chi connectivity index (χ4v) is 6.80. The lowest BCUT2D eigenvalue weighted by Gasteiger charge is -2.38. The Balaban J connectivity index is 0.940. The zero-order chi connectivity index (χ0) is 35.9. The Morgan fingerprint density at radius 1 is 0.885 bits per heavy atom. The van der Waals surface area contributed by atoms with E-state index in [1.807, 2.05) is 49.5 Å². The highest BCUT2D eigenvalue weighted by molar-refractivity contribution is 9.10. The normalized spacial score (nSPS) is 17.0. The van der Waals surface area contributed by atoms with Gasteiger partial charge in [-0.1, -0.05) is 27.7 Å². The Kier molecular flexibility index (Phi) is 9.04. The molecule has 1 aliphatic heterocycles. The third-order valence-electron chi connectivity index (χ3n) is 9.63. The van der Waals surface area contributed by atoms with Crippen molar-refractivity contribution in [3.05, 3.63) is 118 Å². The molecule has 2 N–H and O–H groups in total. The molecular formula is C39H40BrN12-. The van der Waals surface area contributed by atoms with E-state index >= 15 is 0 Å². The number of fused-ring (bicyclic) bond motifs is 2.